The van der Waals surface area contributed by atoms with Crippen molar-refractivity contribution >= 4 is 6.08 Å². The van der Waals surface area contributed by atoms with Gasteiger partial charge in [0.05, 0.1) is 0 Å². The summed E-state index contributed by atoms with van der Waals surface area (Å²) in [5.74, 6) is 0.885. The molecule has 2 aliphatic rings. The zero-order valence-corrected chi connectivity index (χ0v) is 12.5. The van der Waals surface area contributed by atoms with Gasteiger partial charge in [-0.25, -0.2) is 0 Å². The summed E-state index contributed by atoms with van der Waals surface area (Å²) < 4.78 is 0. The van der Waals surface area contributed by atoms with Crippen LogP contribution < -0.4 is 0 Å². The van der Waals surface area contributed by atoms with E-state index in [1.165, 1.54) is 56.9 Å². The highest BCUT2D eigenvalue weighted by atomic mass is 14.3. The molecule has 1 saturated carbocycles. The molecule has 0 spiro atoms. The van der Waals surface area contributed by atoms with E-state index in [1.54, 1.807) is 22.3 Å². The third kappa shape index (κ3) is 2.50. The van der Waals surface area contributed by atoms with Gasteiger partial charge in [0, 0.05) is 0 Å². The Balaban J connectivity index is 1.86. The van der Waals surface area contributed by atoms with Crippen molar-refractivity contribution < 1.29 is 0 Å². The second-order valence-electron chi connectivity index (χ2n) is 6.26. The summed E-state index contributed by atoms with van der Waals surface area (Å²) in [5.41, 5.74) is 7.97. The fraction of sp³-hybridized carbons (Fsp3) is 0.579. The van der Waals surface area contributed by atoms with Gasteiger partial charge >= 0.3 is 0 Å². The van der Waals surface area contributed by atoms with Gasteiger partial charge in [0.25, 0.3) is 0 Å². The van der Waals surface area contributed by atoms with Crippen molar-refractivity contribution in [2.45, 2.75) is 65.2 Å². The topological polar surface area (TPSA) is 0 Å². The Kier molecular flexibility index (Phi) is 3.77. The molecule has 0 heteroatoms. The van der Waals surface area contributed by atoms with Crippen molar-refractivity contribution in [3.8, 4) is 0 Å². The highest BCUT2D eigenvalue weighted by Crippen LogP contribution is 2.38. The van der Waals surface area contributed by atoms with Crippen LogP contribution in [0.5, 0.6) is 0 Å². The maximum atomic E-state index is 2.52. The molecule has 0 unspecified atom stereocenters. The molecule has 1 fully saturated rings. The lowest BCUT2D eigenvalue weighted by molar-refractivity contribution is 0.401. The number of allylic oxidation sites excluding steroid dienone is 1. The Hall–Kier alpha value is -1.04. The Morgan fingerprint density at radius 3 is 2.32 bits per heavy atom. The van der Waals surface area contributed by atoms with Gasteiger partial charge in [0.15, 0.2) is 0 Å². The Morgan fingerprint density at radius 2 is 1.63 bits per heavy atom. The van der Waals surface area contributed by atoms with Gasteiger partial charge < -0.3 is 0 Å². The van der Waals surface area contributed by atoms with Gasteiger partial charge in [-0.05, 0) is 60.3 Å². The minimum Gasteiger partial charge on any atom is -0.0621 e. The molecule has 0 N–H and O–H groups in total. The average Bonchev–Trinajstić information content (AvgIpc) is 2.89. The van der Waals surface area contributed by atoms with Gasteiger partial charge in [0.1, 0.15) is 0 Å². The van der Waals surface area contributed by atoms with Crippen LogP contribution in [0.2, 0.25) is 0 Å². The molecule has 0 atom stereocenters. The standard InChI is InChI=1S/C19H26/c1-3-14-10-18-12-17(16-8-6-5-7-9-16)13-19(18)11-15(14)4-2/h10-12,16H,3-9,13H2,1-2H3. The van der Waals surface area contributed by atoms with Crippen molar-refractivity contribution in [2.75, 3.05) is 0 Å². The van der Waals surface area contributed by atoms with E-state index < -0.39 is 0 Å². The van der Waals surface area contributed by atoms with Gasteiger partial charge in [-0.3, -0.25) is 0 Å². The number of fused-ring (bicyclic) bond motifs is 1. The molecule has 1 aromatic carbocycles. The lowest BCUT2D eigenvalue weighted by Gasteiger charge is -2.22. The summed E-state index contributed by atoms with van der Waals surface area (Å²) in [6, 6.07) is 4.95. The Labute approximate surface area is 117 Å². The van der Waals surface area contributed by atoms with E-state index in [2.05, 4.69) is 32.1 Å². The fourth-order valence-corrected chi connectivity index (χ4v) is 3.91. The summed E-state index contributed by atoms with van der Waals surface area (Å²) in [4.78, 5) is 0. The highest BCUT2D eigenvalue weighted by molar-refractivity contribution is 5.66. The zero-order chi connectivity index (χ0) is 13.2. The molecule has 0 heterocycles. The van der Waals surface area contributed by atoms with E-state index in [0.717, 1.165) is 5.92 Å². The summed E-state index contributed by atoms with van der Waals surface area (Å²) in [6.45, 7) is 4.56. The molecule has 0 bridgehead atoms. The predicted molar refractivity (Wildman–Crippen MR) is 83.5 cm³/mol. The van der Waals surface area contributed by atoms with E-state index in [1.807, 2.05) is 0 Å². The predicted octanol–water partition coefficient (Wildman–Crippen LogP) is 5.33. The van der Waals surface area contributed by atoms with Crippen LogP contribution in [-0.2, 0) is 19.3 Å². The number of rotatable bonds is 3. The molecule has 0 nitrogen and oxygen atoms in total. The van der Waals surface area contributed by atoms with E-state index in [4.69, 9.17) is 0 Å². The molecule has 0 aliphatic heterocycles. The van der Waals surface area contributed by atoms with E-state index in [0.29, 0.717) is 0 Å². The van der Waals surface area contributed by atoms with Crippen LogP contribution in [0.4, 0.5) is 0 Å². The average molecular weight is 254 g/mol. The molecule has 3 rings (SSSR count). The van der Waals surface area contributed by atoms with Crippen LogP contribution in [0.3, 0.4) is 0 Å². The molecule has 0 aromatic heterocycles. The van der Waals surface area contributed by atoms with Crippen molar-refractivity contribution in [3.05, 3.63) is 40.0 Å². The molecule has 102 valence electrons. The summed E-state index contributed by atoms with van der Waals surface area (Å²) in [6.07, 6.45) is 13.3. The van der Waals surface area contributed by atoms with Gasteiger partial charge in [-0.15, -0.1) is 0 Å². The van der Waals surface area contributed by atoms with E-state index in [9.17, 15) is 0 Å². The summed E-state index contributed by atoms with van der Waals surface area (Å²) >= 11 is 0. The van der Waals surface area contributed by atoms with Crippen LogP contribution in [0.15, 0.2) is 17.7 Å². The number of benzene rings is 1. The molecular weight excluding hydrogens is 228 g/mol. The van der Waals surface area contributed by atoms with Gasteiger partial charge in [-0.1, -0.05) is 56.9 Å². The van der Waals surface area contributed by atoms with Gasteiger partial charge in [0.2, 0.25) is 0 Å². The van der Waals surface area contributed by atoms with Gasteiger partial charge in [-0.2, -0.15) is 0 Å². The normalized spacial score (nSPS) is 19.4. The van der Waals surface area contributed by atoms with Crippen molar-refractivity contribution in [1.82, 2.24) is 0 Å². The minimum atomic E-state index is 0.885. The maximum absolute atomic E-state index is 2.52. The second-order valence-corrected chi connectivity index (χ2v) is 6.26. The summed E-state index contributed by atoms with van der Waals surface area (Å²) in [7, 11) is 0. The second kappa shape index (κ2) is 5.53. The largest absolute Gasteiger partial charge is 0.0621 e. The number of hydrogen-bond acceptors (Lipinski definition) is 0. The van der Waals surface area contributed by atoms with Crippen LogP contribution >= 0.6 is 0 Å². The fourth-order valence-electron chi connectivity index (χ4n) is 3.91. The summed E-state index contributed by atoms with van der Waals surface area (Å²) in [5, 5.41) is 0. The monoisotopic (exact) mass is 254 g/mol. The first kappa shape index (κ1) is 13.0. The number of hydrogen-bond donors (Lipinski definition) is 0. The molecule has 1 aromatic rings. The van der Waals surface area contributed by atoms with E-state index >= 15 is 0 Å². The van der Waals surface area contributed by atoms with Crippen LogP contribution in [0.25, 0.3) is 6.08 Å². The molecule has 19 heavy (non-hydrogen) atoms. The van der Waals surface area contributed by atoms with Crippen molar-refractivity contribution in [1.29, 1.82) is 0 Å². The van der Waals surface area contributed by atoms with Crippen LogP contribution in [0.1, 0.15) is 68.2 Å². The molecule has 2 aliphatic carbocycles. The minimum absolute atomic E-state index is 0.885. The SMILES string of the molecule is CCc1cc2c(cc1CC)CC(C1CCCCC1)=C2. The first-order valence-corrected chi connectivity index (χ1v) is 8.17. The number of aryl methyl sites for hydroxylation is 2. The molecular formula is C19H26. The molecule has 0 saturated heterocycles. The smallest absolute Gasteiger partial charge is 0.00549 e. The Morgan fingerprint density at radius 1 is 0.947 bits per heavy atom. The first-order valence-electron chi connectivity index (χ1n) is 8.17. The molecule has 0 amide bonds. The maximum Gasteiger partial charge on any atom is -0.00549 e. The quantitative estimate of drug-likeness (QED) is 0.683. The van der Waals surface area contributed by atoms with E-state index in [-0.39, 0.29) is 0 Å². The first-order chi connectivity index (χ1) is 9.31. The van der Waals surface area contributed by atoms with Crippen molar-refractivity contribution in [2.24, 2.45) is 5.92 Å². The third-order valence-electron chi connectivity index (χ3n) is 5.09. The van der Waals surface area contributed by atoms with Crippen LogP contribution in [-0.4, -0.2) is 0 Å². The highest BCUT2D eigenvalue weighted by Gasteiger charge is 2.23. The lowest BCUT2D eigenvalue weighted by atomic mass is 9.83. The molecule has 0 radical (unpaired) electrons. The third-order valence-corrected chi connectivity index (χ3v) is 5.09. The Bertz CT molecular complexity index is 487. The zero-order valence-electron chi connectivity index (χ0n) is 12.5. The van der Waals surface area contributed by atoms with Crippen LogP contribution in [0, 0.1) is 5.92 Å². The van der Waals surface area contributed by atoms with Crippen molar-refractivity contribution in [3.63, 3.8) is 0 Å². The lowest BCUT2D eigenvalue weighted by Crippen LogP contribution is -2.09.